The van der Waals surface area contributed by atoms with Crippen LogP contribution in [0.3, 0.4) is 0 Å². The van der Waals surface area contributed by atoms with E-state index in [0.29, 0.717) is 42.9 Å². The molecule has 1 amide bonds. The first kappa shape index (κ1) is 31.6. The van der Waals surface area contributed by atoms with E-state index in [1.165, 1.54) is 18.2 Å². The molecule has 0 saturated carbocycles. The monoisotopic (exact) mass is 647 g/mol. The van der Waals surface area contributed by atoms with Gasteiger partial charge in [-0.1, -0.05) is 18.7 Å². The number of anilines is 2. The molecular weight excluding hydrogens is 612 g/mol. The molecule has 4 aromatic rings. The number of benzene rings is 2. The molecule has 2 aliphatic heterocycles. The number of halogens is 2. The summed E-state index contributed by atoms with van der Waals surface area (Å²) in [7, 11) is 5.48. The van der Waals surface area contributed by atoms with E-state index in [2.05, 4.69) is 16.5 Å². The van der Waals surface area contributed by atoms with Gasteiger partial charge in [0.15, 0.2) is 5.82 Å². The van der Waals surface area contributed by atoms with Crippen LogP contribution in [-0.4, -0.2) is 91.3 Å². The number of amides is 1. The summed E-state index contributed by atoms with van der Waals surface area (Å²) in [5.41, 5.74) is 6.65. The number of ether oxygens (including phenoxy) is 2. The topological polar surface area (TPSA) is 121 Å². The normalized spacial score (nSPS) is 20.0. The Hall–Kier alpha value is -4.38. The van der Waals surface area contributed by atoms with Crippen molar-refractivity contribution in [2.24, 2.45) is 0 Å². The minimum absolute atomic E-state index is 0.0172. The van der Waals surface area contributed by atoms with Crippen LogP contribution in [0.25, 0.3) is 32.1 Å². The van der Waals surface area contributed by atoms with Gasteiger partial charge in [-0.15, -0.1) is 11.3 Å². The molecule has 46 heavy (non-hydrogen) atoms. The number of nitriles is 1. The highest BCUT2D eigenvalue weighted by Crippen LogP contribution is 2.43. The molecule has 1 unspecified atom stereocenters. The third-order valence-electron chi connectivity index (χ3n) is 9.20. The molecule has 3 atom stereocenters. The highest BCUT2D eigenvalue weighted by molar-refractivity contribution is 7.23. The summed E-state index contributed by atoms with van der Waals surface area (Å²) < 4.78 is 43.4. The Labute approximate surface area is 269 Å². The van der Waals surface area contributed by atoms with Crippen molar-refractivity contribution in [2.45, 2.75) is 37.4 Å². The summed E-state index contributed by atoms with van der Waals surface area (Å²) in [6.07, 6.45) is 3.94. The minimum atomic E-state index is -0.665. The fourth-order valence-corrected chi connectivity index (χ4v) is 7.71. The van der Waals surface area contributed by atoms with Crippen molar-refractivity contribution in [3.05, 3.63) is 54.1 Å². The standard InChI is InChI=1S/C33H35F2N7O3S/c1-5-26(43)42-14-12-24(25(42)17-44-4)41(3)32-21-9-8-20(19-10-11-23(34)30-27(19)22(15-36)31(37)46-30)28(35)29(21)38-33(39-32)45-16-18-7-6-13-40(18)2/h5,8-11,18,24-25H,1,6-7,12-14,16-17,37H2,2-4H3/t18-,24?,25+/m0/s1. The maximum Gasteiger partial charge on any atom is 0.319 e. The zero-order chi connectivity index (χ0) is 32.7. The molecule has 6 rings (SSSR count). The van der Waals surface area contributed by atoms with Crippen molar-refractivity contribution in [1.29, 1.82) is 5.26 Å². The number of hydrogen-bond donors (Lipinski definition) is 1. The van der Waals surface area contributed by atoms with Crippen LogP contribution in [0.1, 0.15) is 24.8 Å². The van der Waals surface area contributed by atoms with E-state index in [1.54, 1.807) is 24.1 Å². The van der Waals surface area contributed by atoms with Gasteiger partial charge >= 0.3 is 6.01 Å². The summed E-state index contributed by atoms with van der Waals surface area (Å²) in [6, 6.07) is 7.75. The lowest BCUT2D eigenvalue weighted by Gasteiger charge is -2.33. The summed E-state index contributed by atoms with van der Waals surface area (Å²) in [5, 5.41) is 10.7. The van der Waals surface area contributed by atoms with Crippen LogP contribution in [0.4, 0.5) is 19.6 Å². The van der Waals surface area contributed by atoms with Gasteiger partial charge in [-0.2, -0.15) is 15.2 Å². The van der Waals surface area contributed by atoms with Crippen molar-refractivity contribution in [3.63, 3.8) is 0 Å². The van der Waals surface area contributed by atoms with Crippen molar-refractivity contribution < 1.29 is 23.0 Å². The molecule has 0 aliphatic carbocycles. The molecule has 10 nitrogen and oxygen atoms in total. The Morgan fingerprint density at radius 2 is 2.00 bits per heavy atom. The molecule has 4 heterocycles. The zero-order valence-electron chi connectivity index (χ0n) is 25.9. The van der Waals surface area contributed by atoms with Gasteiger partial charge in [-0.05, 0) is 56.6 Å². The van der Waals surface area contributed by atoms with Crippen LogP contribution in [0.2, 0.25) is 0 Å². The zero-order valence-corrected chi connectivity index (χ0v) is 26.7. The first-order valence-electron chi connectivity index (χ1n) is 15.1. The van der Waals surface area contributed by atoms with Crippen LogP contribution < -0.4 is 15.4 Å². The number of nitrogen functional groups attached to an aromatic ring is 1. The van der Waals surface area contributed by atoms with E-state index in [-0.39, 0.29) is 61.8 Å². The van der Waals surface area contributed by atoms with Gasteiger partial charge in [0.05, 0.1) is 29.0 Å². The van der Waals surface area contributed by atoms with E-state index in [0.717, 1.165) is 30.7 Å². The summed E-state index contributed by atoms with van der Waals surface area (Å²) in [5.74, 6) is -0.960. The molecular formula is C33H35F2N7O3S. The quantitative estimate of drug-likeness (QED) is 0.252. The minimum Gasteiger partial charge on any atom is -0.462 e. The Balaban J connectivity index is 1.49. The number of fused-ring (bicyclic) bond motifs is 2. The van der Waals surface area contributed by atoms with Crippen molar-refractivity contribution in [3.8, 4) is 23.2 Å². The second-order valence-electron chi connectivity index (χ2n) is 11.7. The van der Waals surface area contributed by atoms with Crippen molar-refractivity contribution in [2.75, 3.05) is 58.1 Å². The number of thiophene rings is 1. The van der Waals surface area contributed by atoms with E-state index in [1.807, 2.05) is 25.1 Å². The lowest BCUT2D eigenvalue weighted by molar-refractivity contribution is -0.127. The SMILES string of the molecule is C=CC(=O)N1CCC(N(C)c2nc(OC[C@@H]3CCCN3C)nc3c(F)c(-c4ccc(F)c5sc(N)c(C#N)c45)ccc23)[C@H]1COC. The summed E-state index contributed by atoms with van der Waals surface area (Å²) in [4.78, 5) is 27.9. The average Bonchev–Trinajstić information content (AvgIpc) is 3.76. The Morgan fingerprint density at radius 1 is 1.22 bits per heavy atom. The molecule has 0 spiro atoms. The maximum absolute atomic E-state index is 16.8. The first-order valence-corrected chi connectivity index (χ1v) is 15.9. The third-order valence-corrected chi connectivity index (χ3v) is 10.2. The number of carbonyl (C=O) groups is 1. The number of likely N-dealkylation sites (N-methyl/N-ethyl adjacent to an activating group) is 2. The van der Waals surface area contributed by atoms with Gasteiger partial charge in [0.25, 0.3) is 0 Å². The van der Waals surface area contributed by atoms with Crippen LogP contribution in [0.15, 0.2) is 36.9 Å². The molecule has 0 bridgehead atoms. The van der Waals surface area contributed by atoms with E-state index in [9.17, 15) is 14.4 Å². The number of methoxy groups -OCH3 is 1. The van der Waals surface area contributed by atoms with Gasteiger partial charge in [-0.3, -0.25) is 4.79 Å². The summed E-state index contributed by atoms with van der Waals surface area (Å²) >= 11 is 0.955. The lowest BCUT2D eigenvalue weighted by Crippen LogP contribution is -2.48. The van der Waals surface area contributed by atoms with Gasteiger partial charge in [0.1, 0.15) is 34.8 Å². The number of carbonyl (C=O) groups excluding carboxylic acids is 1. The molecule has 2 saturated heterocycles. The molecule has 240 valence electrons. The fraction of sp³-hybridized carbons (Fsp3) is 0.394. The number of nitrogens with zero attached hydrogens (tertiary/aromatic N) is 6. The average molecular weight is 648 g/mol. The largest absolute Gasteiger partial charge is 0.462 e. The van der Waals surface area contributed by atoms with E-state index >= 15 is 4.39 Å². The van der Waals surface area contributed by atoms with Crippen molar-refractivity contribution >= 4 is 49.1 Å². The molecule has 2 aromatic carbocycles. The Bertz CT molecular complexity index is 1880. The highest BCUT2D eigenvalue weighted by atomic mass is 32.1. The number of hydrogen-bond acceptors (Lipinski definition) is 10. The molecule has 2 aliphatic rings. The Morgan fingerprint density at radius 3 is 2.70 bits per heavy atom. The Kier molecular flexibility index (Phi) is 8.78. The highest BCUT2D eigenvalue weighted by Gasteiger charge is 2.39. The number of aromatic nitrogens is 2. The van der Waals surface area contributed by atoms with Crippen LogP contribution >= 0.6 is 11.3 Å². The lowest BCUT2D eigenvalue weighted by atomic mass is 9.97. The smallest absolute Gasteiger partial charge is 0.319 e. The first-order chi connectivity index (χ1) is 22.2. The maximum atomic E-state index is 16.8. The molecule has 2 aromatic heterocycles. The van der Waals surface area contributed by atoms with Gasteiger partial charge in [0.2, 0.25) is 5.91 Å². The molecule has 0 radical (unpaired) electrons. The second kappa shape index (κ2) is 12.8. The van der Waals surface area contributed by atoms with Crippen LogP contribution in [0.5, 0.6) is 6.01 Å². The van der Waals surface area contributed by atoms with E-state index in [4.69, 9.17) is 20.2 Å². The predicted octanol–water partition coefficient (Wildman–Crippen LogP) is 4.95. The van der Waals surface area contributed by atoms with E-state index < -0.39 is 11.6 Å². The molecule has 13 heteroatoms. The van der Waals surface area contributed by atoms with Gasteiger partial charge in [-0.25, -0.2) is 8.78 Å². The molecule has 2 fully saturated rings. The van der Waals surface area contributed by atoms with Crippen LogP contribution in [0, 0.1) is 23.0 Å². The van der Waals surface area contributed by atoms with Gasteiger partial charge in [0, 0.05) is 43.1 Å². The third kappa shape index (κ3) is 5.40. The summed E-state index contributed by atoms with van der Waals surface area (Å²) in [6.45, 7) is 5.73. The van der Waals surface area contributed by atoms with Crippen LogP contribution in [-0.2, 0) is 9.53 Å². The fourth-order valence-electron chi connectivity index (χ4n) is 6.76. The molecule has 2 N–H and O–H groups in total. The van der Waals surface area contributed by atoms with Gasteiger partial charge < -0.3 is 29.9 Å². The second-order valence-corrected chi connectivity index (χ2v) is 12.8. The number of likely N-dealkylation sites (tertiary alicyclic amines) is 2. The number of rotatable bonds is 9. The van der Waals surface area contributed by atoms with Crippen molar-refractivity contribution in [1.82, 2.24) is 19.8 Å². The number of nitrogens with two attached hydrogens (primary N) is 1. The predicted molar refractivity (Wildman–Crippen MR) is 175 cm³/mol.